The number of ether oxygens (including phenoxy) is 1. The van der Waals surface area contributed by atoms with E-state index in [1.165, 1.54) is 21.1 Å². The maximum atomic E-state index is 13.4. The number of aromatic nitrogens is 1. The zero-order chi connectivity index (χ0) is 28.0. The largest absolute Gasteiger partial charge is 0.450 e. The lowest BCUT2D eigenvalue weighted by Crippen LogP contribution is -2.56. The van der Waals surface area contributed by atoms with Gasteiger partial charge in [0.25, 0.3) is 5.91 Å². The van der Waals surface area contributed by atoms with Crippen LogP contribution in [0.1, 0.15) is 17.4 Å². The molecule has 0 radical (unpaired) electrons. The molecule has 4 rings (SSSR count). The van der Waals surface area contributed by atoms with Gasteiger partial charge in [0, 0.05) is 31.7 Å². The first-order chi connectivity index (χ1) is 18.6. The Balaban J connectivity index is 1.57. The molecule has 1 aromatic carbocycles. The summed E-state index contributed by atoms with van der Waals surface area (Å²) < 4.78 is 16.9. The Morgan fingerprint density at radius 2 is 1.72 bits per heavy atom. The van der Waals surface area contributed by atoms with Crippen molar-refractivity contribution in [2.24, 2.45) is 0 Å². The summed E-state index contributed by atoms with van der Waals surface area (Å²) in [6.45, 7) is 2.59. The first-order valence-corrected chi connectivity index (χ1v) is 15.0. The topological polar surface area (TPSA) is 149 Å². The van der Waals surface area contributed by atoms with Gasteiger partial charge in [-0.1, -0.05) is 30.3 Å². The van der Waals surface area contributed by atoms with Crippen LogP contribution in [0.3, 0.4) is 0 Å². The molecule has 1 atom stereocenters. The van der Waals surface area contributed by atoms with Gasteiger partial charge in [0.2, 0.25) is 5.91 Å². The highest BCUT2D eigenvalue weighted by Gasteiger charge is 2.35. The third-order valence-corrected chi connectivity index (χ3v) is 7.65. The highest BCUT2D eigenvalue weighted by atomic mass is 32.1. The Hall–Kier alpha value is -3.57. The van der Waals surface area contributed by atoms with Crippen LogP contribution in [0.15, 0.2) is 59.3 Å². The molecule has 1 aliphatic rings. The quantitative estimate of drug-likeness (QED) is 0.349. The van der Waals surface area contributed by atoms with Crippen molar-refractivity contribution in [2.45, 2.75) is 13.0 Å². The van der Waals surface area contributed by atoms with Gasteiger partial charge in [-0.3, -0.25) is 14.2 Å². The molecule has 206 valence electrons. The van der Waals surface area contributed by atoms with E-state index in [0.717, 1.165) is 16.7 Å². The van der Waals surface area contributed by atoms with Crippen LogP contribution >= 0.6 is 18.9 Å². The van der Waals surface area contributed by atoms with E-state index in [2.05, 4.69) is 10.3 Å². The summed E-state index contributed by atoms with van der Waals surface area (Å²) in [4.78, 5) is 65.3. The van der Waals surface area contributed by atoms with Crippen LogP contribution in [-0.2, 0) is 14.1 Å². The van der Waals surface area contributed by atoms with E-state index in [-0.39, 0.29) is 38.5 Å². The average molecular weight is 573 g/mol. The predicted octanol–water partition coefficient (Wildman–Crippen LogP) is 3.05. The van der Waals surface area contributed by atoms with Crippen molar-refractivity contribution in [2.75, 3.05) is 38.9 Å². The monoisotopic (exact) mass is 572 g/mol. The summed E-state index contributed by atoms with van der Waals surface area (Å²) in [7, 11) is -4.68. The standard InChI is InChI=1S/C26H29N4O7PS/c1-2-37-26(33)30-11-9-29(10-12-30)25(32)23(16-38(34,35)36)28-24(31)22-15-20(19-8-13-39-17-19)14-21(27-22)18-6-4-3-5-7-18/h3-8,13-15,17,23H,2,9-12,16H2,1H3,(H,28,31)(H2,34,35,36)/t23-/m0/s1. The van der Waals surface area contributed by atoms with Gasteiger partial charge in [0.1, 0.15) is 11.7 Å². The van der Waals surface area contributed by atoms with E-state index < -0.39 is 37.7 Å². The van der Waals surface area contributed by atoms with Crippen molar-refractivity contribution in [3.8, 4) is 22.4 Å². The van der Waals surface area contributed by atoms with E-state index in [1.807, 2.05) is 53.2 Å². The molecule has 1 aliphatic heterocycles. The number of nitrogens with zero attached hydrogens (tertiary/aromatic N) is 3. The molecule has 3 heterocycles. The van der Waals surface area contributed by atoms with Gasteiger partial charge in [-0.25, -0.2) is 9.78 Å². The van der Waals surface area contributed by atoms with Crippen LogP contribution in [0, 0.1) is 0 Å². The molecule has 1 saturated heterocycles. The second kappa shape index (κ2) is 12.5. The van der Waals surface area contributed by atoms with Crippen molar-refractivity contribution in [1.29, 1.82) is 0 Å². The molecule has 0 aliphatic carbocycles. The molecule has 3 aromatic rings. The number of hydrogen-bond acceptors (Lipinski definition) is 7. The minimum Gasteiger partial charge on any atom is -0.450 e. The first kappa shape index (κ1) is 28.4. The maximum absolute atomic E-state index is 13.4. The summed E-state index contributed by atoms with van der Waals surface area (Å²) >= 11 is 1.50. The summed E-state index contributed by atoms with van der Waals surface area (Å²) in [6, 6.07) is 13.1. The predicted molar refractivity (Wildman–Crippen MR) is 146 cm³/mol. The van der Waals surface area contributed by atoms with Gasteiger partial charge < -0.3 is 29.6 Å². The van der Waals surface area contributed by atoms with Crippen molar-refractivity contribution in [3.63, 3.8) is 0 Å². The molecular weight excluding hydrogens is 543 g/mol. The fourth-order valence-corrected chi connectivity index (χ4v) is 5.59. The van der Waals surface area contributed by atoms with E-state index in [0.29, 0.717) is 5.69 Å². The van der Waals surface area contributed by atoms with E-state index in [9.17, 15) is 28.7 Å². The molecule has 13 heteroatoms. The number of hydrogen-bond donors (Lipinski definition) is 3. The molecule has 3 N–H and O–H groups in total. The molecule has 0 spiro atoms. The molecule has 2 aromatic heterocycles. The summed E-state index contributed by atoms with van der Waals surface area (Å²) in [5, 5.41) is 6.35. The van der Waals surface area contributed by atoms with Crippen LogP contribution < -0.4 is 5.32 Å². The number of thiophene rings is 1. The minimum atomic E-state index is -4.68. The first-order valence-electron chi connectivity index (χ1n) is 12.3. The van der Waals surface area contributed by atoms with Gasteiger partial charge in [-0.05, 0) is 47.0 Å². The Kier molecular flexibility index (Phi) is 9.13. The van der Waals surface area contributed by atoms with Crippen molar-refractivity contribution in [1.82, 2.24) is 20.1 Å². The maximum Gasteiger partial charge on any atom is 0.409 e. The number of benzene rings is 1. The normalized spacial score (nSPS) is 14.5. The Morgan fingerprint density at radius 1 is 1.03 bits per heavy atom. The Labute approximate surface area is 229 Å². The molecule has 0 bridgehead atoms. The molecule has 11 nitrogen and oxygen atoms in total. The molecule has 0 saturated carbocycles. The minimum absolute atomic E-state index is 0.00759. The molecule has 3 amide bonds. The Morgan fingerprint density at radius 3 is 2.33 bits per heavy atom. The lowest BCUT2D eigenvalue weighted by atomic mass is 10.0. The van der Waals surface area contributed by atoms with Crippen LogP contribution in [-0.4, -0.2) is 87.5 Å². The zero-order valence-corrected chi connectivity index (χ0v) is 22.9. The lowest BCUT2D eigenvalue weighted by molar-refractivity contribution is -0.134. The third kappa shape index (κ3) is 7.51. The van der Waals surface area contributed by atoms with E-state index in [4.69, 9.17) is 4.74 Å². The molecule has 0 unspecified atom stereocenters. The fourth-order valence-electron chi connectivity index (χ4n) is 4.20. The van der Waals surface area contributed by atoms with Crippen LogP contribution in [0.25, 0.3) is 22.4 Å². The van der Waals surface area contributed by atoms with Gasteiger partial charge in [-0.2, -0.15) is 11.3 Å². The third-order valence-electron chi connectivity index (χ3n) is 6.12. The second-order valence-corrected chi connectivity index (χ2v) is 11.4. The fraction of sp³-hybridized carbons (Fsp3) is 0.308. The smallest absolute Gasteiger partial charge is 0.409 e. The number of carbonyl (C=O) groups is 3. The highest BCUT2D eigenvalue weighted by molar-refractivity contribution is 7.51. The summed E-state index contributed by atoms with van der Waals surface area (Å²) in [6.07, 6.45) is -1.36. The number of amides is 3. The van der Waals surface area contributed by atoms with Gasteiger partial charge in [0.15, 0.2) is 0 Å². The van der Waals surface area contributed by atoms with Crippen LogP contribution in [0.5, 0.6) is 0 Å². The number of pyridine rings is 1. The van der Waals surface area contributed by atoms with Crippen molar-refractivity contribution >= 4 is 36.8 Å². The SMILES string of the molecule is CCOC(=O)N1CCN(C(=O)[C@H](CP(=O)(O)O)NC(=O)c2cc(-c3ccsc3)cc(-c3ccccc3)n2)CC1. The Bertz CT molecular complexity index is 1360. The highest BCUT2D eigenvalue weighted by Crippen LogP contribution is 2.35. The second-order valence-electron chi connectivity index (χ2n) is 8.89. The van der Waals surface area contributed by atoms with Gasteiger partial charge in [-0.15, -0.1) is 0 Å². The van der Waals surface area contributed by atoms with Gasteiger partial charge >= 0.3 is 13.7 Å². The number of rotatable bonds is 8. The average Bonchev–Trinajstić information content (AvgIpc) is 3.47. The molecule has 1 fully saturated rings. The van der Waals surface area contributed by atoms with E-state index in [1.54, 1.807) is 13.0 Å². The van der Waals surface area contributed by atoms with Crippen molar-refractivity contribution in [3.05, 3.63) is 65.0 Å². The number of nitrogens with one attached hydrogen (secondary N) is 1. The van der Waals surface area contributed by atoms with Crippen LogP contribution in [0.4, 0.5) is 4.79 Å². The number of piperazine rings is 1. The van der Waals surface area contributed by atoms with Crippen molar-refractivity contribution < 1.29 is 33.5 Å². The zero-order valence-electron chi connectivity index (χ0n) is 21.2. The summed E-state index contributed by atoms with van der Waals surface area (Å²) in [5.74, 6) is -1.38. The summed E-state index contributed by atoms with van der Waals surface area (Å²) in [5.41, 5.74) is 2.95. The molecular formula is C26H29N4O7PS. The van der Waals surface area contributed by atoms with Crippen LogP contribution in [0.2, 0.25) is 0 Å². The lowest BCUT2D eigenvalue weighted by Gasteiger charge is -2.36. The van der Waals surface area contributed by atoms with Gasteiger partial charge in [0.05, 0.1) is 18.5 Å². The number of carbonyl (C=O) groups excluding carboxylic acids is 3. The van der Waals surface area contributed by atoms with E-state index >= 15 is 0 Å². The molecule has 39 heavy (non-hydrogen) atoms.